The Morgan fingerprint density at radius 3 is 2.27 bits per heavy atom. The monoisotopic (exact) mass is 481 g/mol. The molecule has 3 rings (SSSR count). The molecule has 0 unspecified atom stereocenters. The summed E-state index contributed by atoms with van der Waals surface area (Å²) in [5.41, 5.74) is 8.08. The number of fused-ring (bicyclic) bond motifs is 1. The standard InChI is InChI=1S/C25H35N5OSSi/c1-16(2)33(17(3)4,18(5)6)13-11-21-19(7)24(31)30(15-20-10-12-29(8)28-20)23-22(21)14-26-25(27-23)32-9/h10,12,14,16-18H,15H2,1-9H3. The van der Waals surface area contributed by atoms with E-state index in [2.05, 4.69) is 63.1 Å². The molecule has 0 aromatic carbocycles. The van der Waals surface area contributed by atoms with Gasteiger partial charge >= 0.3 is 0 Å². The Labute approximate surface area is 202 Å². The van der Waals surface area contributed by atoms with Gasteiger partial charge in [-0.15, -0.1) is 5.54 Å². The van der Waals surface area contributed by atoms with Gasteiger partial charge < -0.3 is 0 Å². The van der Waals surface area contributed by atoms with Crippen LogP contribution in [0.3, 0.4) is 0 Å². The molecule has 0 amide bonds. The number of hydrogen-bond acceptors (Lipinski definition) is 5. The Hall–Kier alpha value is -2.37. The maximum absolute atomic E-state index is 13.5. The molecule has 8 heteroatoms. The Kier molecular flexibility index (Phi) is 7.54. The molecule has 0 atom stereocenters. The van der Waals surface area contributed by atoms with E-state index in [0.29, 0.717) is 39.5 Å². The number of pyridine rings is 1. The molecule has 0 aliphatic heterocycles. The summed E-state index contributed by atoms with van der Waals surface area (Å²) in [6, 6.07) is 1.92. The van der Waals surface area contributed by atoms with E-state index in [1.165, 1.54) is 11.8 Å². The second kappa shape index (κ2) is 9.86. The van der Waals surface area contributed by atoms with E-state index in [1.54, 1.807) is 9.25 Å². The van der Waals surface area contributed by atoms with Crippen molar-refractivity contribution in [2.45, 2.75) is 76.8 Å². The van der Waals surface area contributed by atoms with Crippen molar-refractivity contribution < 1.29 is 0 Å². The number of aryl methyl sites for hydroxylation is 1. The van der Waals surface area contributed by atoms with Gasteiger partial charge in [-0.25, -0.2) is 9.97 Å². The lowest BCUT2D eigenvalue weighted by atomic mass is 10.1. The second-order valence-corrected chi connectivity index (χ2v) is 16.0. The third kappa shape index (κ3) is 4.66. The van der Waals surface area contributed by atoms with Crippen molar-refractivity contribution >= 4 is 30.9 Å². The average Bonchev–Trinajstić information content (AvgIpc) is 3.17. The van der Waals surface area contributed by atoms with Crippen LogP contribution in [-0.2, 0) is 13.6 Å². The molecule has 0 aliphatic rings. The minimum Gasteiger partial charge on any atom is -0.286 e. The first kappa shape index (κ1) is 25.3. The molecule has 33 heavy (non-hydrogen) atoms. The lowest BCUT2D eigenvalue weighted by molar-refractivity contribution is 0.696. The minimum absolute atomic E-state index is 0.0749. The molecule has 0 saturated heterocycles. The van der Waals surface area contributed by atoms with Crippen molar-refractivity contribution in [2.75, 3.05) is 6.26 Å². The van der Waals surface area contributed by atoms with Crippen LogP contribution in [0.2, 0.25) is 16.6 Å². The highest BCUT2D eigenvalue weighted by atomic mass is 32.2. The molecule has 0 fully saturated rings. The van der Waals surface area contributed by atoms with Crippen LogP contribution in [-0.4, -0.2) is 38.6 Å². The van der Waals surface area contributed by atoms with Crippen LogP contribution in [0.15, 0.2) is 28.4 Å². The summed E-state index contributed by atoms with van der Waals surface area (Å²) in [5.74, 6) is 3.51. The van der Waals surface area contributed by atoms with Crippen molar-refractivity contribution in [1.29, 1.82) is 0 Å². The maximum atomic E-state index is 13.5. The van der Waals surface area contributed by atoms with Crippen LogP contribution in [0.5, 0.6) is 0 Å². The van der Waals surface area contributed by atoms with Gasteiger partial charge in [-0.05, 0) is 35.9 Å². The van der Waals surface area contributed by atoms with Crippen LogP contribution in [0.25, 0.3) is 11.0 Å². The zero-order valence-corrected chi connectivity index (χ0v) is 23.0. The first-order valence-electron chi connectivity index (χ1n) is 11.5. The van der Waals surface area contributed by atoms with Gasteiger partial charge in [0.2, 0.25) is 0 Å². The van der Waals surface area contributed by atoms with Gasteiger partial charge in [0.25, 0.3) is 5.56 Å². The van der Waals surface area contributed by atoms with Gasteiger partial charge in [0, 0.05) is 30.6 Å². The summed E-state index contributed by atoms with van der Waals surface area (Å²) < 4.78 is 3.45. The Bertz CT molecular complexity index is 1260. The first-order chi connectivity index (χ1) is 15.5. The molecule has 3 aromatic rings. The fourth-order valence-electron chi connectivity index (χ4n) is 5.07. The molecular weight excluding hydrogens is 446 g/mol. The molecule has 6 nitrogen and oxygen atoms in total. The largest absolute Gasteiger partial charge is 0.286 e. The van der Waals surface area contributed by atoms with E-state index < -0.39 is 8.07 Å². The van der Waals surface area contributed by atoms with Crippen LogP contribution in [0, 0.1) is 18.4 Å². The number of rotatable bonds is 6. The lowest BCUT2D eigenvalue weighted by Gasteiger charge is -2.38. The summed E-state index contributed by atoms with van der Waals surface area (Å²) in [6.07, 6.45) is 5.64. The second-order valence-electron chi connectivity index (χ2n) is 9.61. The van der Waals surface area contributed by atoms with Crippen molar-refractivity contribution in [1.82, 2.24) is 24.3 Å². The maximum Gasteiger partial charge on any atom is 0.256 e. The van der Waals surface area contributed by atoms with Gasteiger partial charge in [-0.1, -0.05) is 59.2 Å². The molecular formula is C25H35N5OSSi. The topological polar surface area (TPSA) is 65.6 Å². The summed E-state index contributed by atoms with van der Waals surface area (Å²) in [6.45, 7) is 16.0. The minimum atomic E-state index is -1.96. The van der Waals surface area contributed by atoms with Crippen molar-refractivity contribution in [3.8, 4) is 11.5 Å². The van der Waals surface area contributed by atoms with Crippen molar-refractivity contribution in [3.05, 3.63) is 45.6 Å². The van der Waals surface area contributed by atoms with E-state index in [1.807, 2.05) is 38.7 Å². The third-order valence-electron chi connectivity index (χ3n) is 6.75. The Morgan fingerprint density at radius 1 is 1.12 bits per heavy atom. The van der Waals surface area contributed by atoms with E-state index in [-0.39, 0.29) is 5.56 Å². The highest BCUT2D eigenvalue weighted by Gasteiger charge is 2.41. The SMILES string of the molecule is CSc1ncc2c(C#C[Si](C(C)C)(C(C)C)C(C)C)c(C)c(=O)n(Cc3ccn(C)n3)c2n1. The van der Waals surface area contributed by atoms with Gasteiger partial charge in [0.15, 0.2) is 5.16 Å². The van der Waals surface area contributed by atoms with Crippen molar-refractivity contribution in [2.24, 2.45) is 7.05 Å². The fourth-order valence-corrected chi connectivity index (χ4v) is 10.6. The lowest BCUT2D eigenvalue weighted by Crippen LogP contribution is -2.43. The summed E-state index contributed by atoms with van der Waals surface area (Å²) in [4.78, 5) is 22.8. The molecule has 0 N–H and O–H groups in total. The fraction of sp³-hybridized carbons (Fsp3) is 0.520. The Balaban J connectivity index is 2.31. The number of thioether (sulfide) groups is 1. The van der Waals surface area contributed by atoms with E-state index in [0.717, 1.165) is 16.6 Å². The van der Waals surface area contributed by atoms with Crippen LogP contribution in [0.4, 0.5) is 0 Å². The van der Waals surface area contributed by atoms with E-state index in [9.17, 15) is 4.79 Å². The van der Waals surface area contributed by atoms with Crippen LogP contribution < -0.4 is 5.56 Å². The molecule has 176 valence electrons. The number of nitrogens with zero attached hydrogens (tertiary/aromatic N) is 5. The predicted octanol–water partition coefficient (Wildman–Crippen LogP) is 5.17. The number of hydrogen-bond donors (Lipinski definition) is 0. The quantitative estimate of drug-likeness (QED) is 0.210. The highest BCUT2D eigenvalue weighted by Crippen LogP contribution is 2.41. The van der Waals surface area contributed by atoms with Crippen LogP contribution in [0.1, 0.15) is 58.4 Å². The molecule has 0 spiro atoms. The summed E-state index contributed by atoms with van der Waals surface area (Å²) in [7, 11) is -0.0836. The molecule has 0 aliphatic carbocycles. The van der Waals surface area contributed by atoms with Gasteiger partial charge in [-0.3, -0.25) is 14.0 Å². The Morgan fingerprint density at radius 2 is 1.76 bits per heavy atom. The van der Waals surface area contributed by atoms with E-state index in [4.69, 9.17) is 4.98 Å². The van der Waals surface area contributed by atoms with Crippen LogP contribution >= 0.6 is 11.8 Å². The van der Waals surface area contributed by atoms with Crippen molar-refractivity contribution in [3.63, 3.8) is 0 Å². The summed E-state index contributed by atoms with van der Waals surface area (Å²) >= 11 is 1.46. The first-order valence-corrected chi connectivity index (χ1v) is 14.9. The molecule has 0 bridgehead atoms. The molecule has 0 saturated carbocycles. The van der Waals surface area contributed by atoms with Gasteiger partial charge in [-0.2, -0.15) is 5.10 Å². The van der Waals surface area contributed by atoms with Gasteiger partial charge in [0.05, 0.1) is 17.6 Å². The van der Waals surface area contributed by atoms with Gasteiger partial charge in [0.1, 0.15) is 13.7 Å². The molecule has 3 aromatic heterocycles. The smallest absolute Gasteiger partial charge is 0.256 e. The third-order valence-corrected chi connectivity index (χ3v) is 13.6. The zero-order valence-electron chi connectivity index (χ0n) is 21.2. The predicted molar refractivity (Wildman–Crippen MR) is 141 cm³/mol. The molecule has 3 heterocycles. The normalized spacial score (nSPS) is 12.1. The average molecular weight is 482 g/mol. The van der Waals surface area contributed by atoms with E-state index >= 15 is 0 Å². The zero-order chi connectivity index (χ0) is 24.5. The molecule has 0 radical (unpaired) electrons. The number of aromatic nitrogens is 5. The highest BCUT2D eigenvalue weighted by molar-refractivity contribution is 7.98. The summed E-state index contributed by atoms with van der Waals surface area (Å²) in [5, 5.41) is 5.92.